The van der Waals surface area contributed by atoms with Crippen molar-refractivity contribution in [2.75, 3.05) is 19.8 Å². The van der Waals surface area contributed by atoms with Crippen molar-refractivity contribution >= 4 is 28.9 Å². The molecule has 0 saturated carbocycles. The highest BCUT2D eigenvalue weighted by molar-refractivity contribution is 8.18. The van der Waals surface area contributed by atoms with Crippen molar-refractivity contribution < 1.29 is 19.0 Å². The van der Waals surface area contributed by atoms with Crippen molar-refractivity contribution in [3.8, 4) is 17.2 Å². The maximum Gasteiger partial charge on any atom is 0.264 e. The second-order valence-corrected chi connectivity index (χ2v) is 8.83. The minimum atomic E-state index is -0.257. The quantitative estimate of drug-likeness (QED) is 0.366. The minimum Gasteiger partial charge on any atom is -0.493 e. The molecule has 1 fully saturated rings. The Bertz CT molecular complexity index is 1020. The molecule has 0 spiro atoms. The lowest BCUT2D eigenvalue weighted by Crippen LogP contribution is -2.18. The van der Waals surface area contributed by atoms with E-state index in [1.165, 1.54) is 11.1 Å². The molecule has 0 radical (unpaired) electrons. The van der Waals surface area contributed by atoms with E-state index in [4.69, 9.17) is 19.6 Å². The Balaban J connectivity index is 1.58. The number of benzene rings is 2. The topological polar surface area (TPSA) is 80.6 Å². The van der Waals surface area contributed by atoms with Crippen molar-refractivity contribution in [3.05, 3.63) is 58.0 Å². The van der Waals surface area contributed by atoms with E-state index in [9.17, 15) is 4.79 Å². The maximum absolute atomic E-state index is 11.8. The molecule has 0 unspecified atom stereocenters. The summed E-state index contributed by atoms with van der Waals surface area (Å²) in [7, 11) is 0. The number of carbonyl (C=O) groups excluding carboxylic acids is 1. The van der Waals surface area contributed by atoms with Gasteiger partial charge in [-0.1, -0.05) is 32.0 Å². The van der Waals surface area contributed by atoms with Crippen LogP contribution in [0.1, 0.15) is 49.8 Å². The third-order valence-corrected chi connectivity index (χ3v) is 5.65. The van der Waals surface area contributed by atoms with Crippen molar-refractivity contribution in [1.29, 1.82) is 5.41 Å². The van der Waals surface area contributed by atoms with Gasteiger partial charge in [-0.15, -0.1) is 0 Å². The average molecular weight is 455 g/mol. The van der Waals surface area contributed by atoms with Crippen LogP contribution in [0.3, 0.4) is 0 Å². The van der Waals surface area contributed by atoms with Gasteiger partial charge in [0.1, 0.15) is 5.75 Å². The van der Waals surface area contributed by atoms with Crippen LogP contribution in [-0.4, -0.2) is 30.9 Å². The Morgan fingerprint density at radius 1 is 1.03 bits per heavy atom. The van der Waals surface area contributed by atoms with E-state index >= 15 is 0 Å². The number of ether oxygens (including phenoxy) is 3. The third-order valence-electron chi connectivity index (χ3n) is 4.82. The zero-order chi connectivity index (χ0) is 23.1. The van der Waals surface area contributed by atoms with Gasteiger partial charge in [0, 0.05) is 6.42 Å². The van der Waals surface area contributed by atoms with Crippen molar-refractivity contribution in [3.63, 3.8) is 0 Å². The van der Waals surface area contributed by atoms with Gasteiger partial charge < -0.3 is 19.5 Å². The molecule has 2 aromatic carbocycles. The van der Waals surface area contributed by atoms with Gasteiger partial charge in [0.05, 0.1) is 24.7 Å². The van der Waals surface area contributed by atoms with Crippen LogP contribution in [0.4, 0.5) is 0 Å². The Morgan fingerprint density at radius 2 is 1.78 bits per heavy atom. The molecule has 3 rings (SSSR count). The second-order valence-electron chi connectivity index (χ2n) is 7.78. The lowest BCUT2D eigenvalue weighted by atomic mass is 10.0. The van der Waals surface area contributed by atoms with Gasteiger partial charge in [-0.2, -0.15) is 0 Å². The highest BCUT2D eigenvalue weighted by atomic mass is 32.2. The molecule has 1 aliphatic heterocycles. The standard InChI is InChI=1S/C25H30N2O4S/c1-5-29-22-14-18(15-23-24(28)27-25(26)32-23)8-10-20(22)30-11-6-12-31-21-13-17(4)7-9-19(21)16(2)3/h7-10,13-16H,5-6,11-12H2,1-4H3,(H2,26,27,28). The molecule has 1 saturated heterocycles. The van der Waals surface area contributed by atoms with Crippen molar-refractivity contribution in [2.24, 2.45) is 0 Å². The molecule has 7 heteroatoms. The van der Waals surface area contributed by atoms with E-state index < -0.39 is 0 Å². The highest BCUT2D eigenvalue weighted by Crippen LogP contribution is 2.32. The fraction of sp³-hybridized carbons (Fsp3) is 0.360. The second kappa shape index (κ2) is 11.1. The van der Waals surface area contributed by atoms with Gasteiger partial charge in [0.25, 0.3) is 5.91 Å². The lowest BCUT2D eigenvalue weighted by molar-refractivity contribution is -0.115. The van der Waals surface area contributed by atoms with Gasteiger partial charge in [-0.25, -0.2) is 0 Å². The number of hydrogen-bond acceptors (Lipinski definition) is 6. The number of hydrogen-bond donors (Lipinski definition) is 2. The smallest absolute Gasteiger partial charge is 0.264 e. The van der Waals surface area contributed by atoms with Gasteiger partial charge in [0.15, 0.2) is 16.7 Å². The monoisotopic (exact) mass is 454 g/mol. The summed E-state index contributed by atoms with van der Waals surface area (Å²) >= 11 is 1.11. The van der Waals surface area contributed by atoms with Gasteiger partial charge in [-0.05, 0) is 72.5 Å². The van der Waals surface area contributed by atoms with Crippen molar-refractivity contribution in [1.82, 2.24) is 5.32 Å². The Morgan fingerprint density at radius 3 is 2.44 bits per heavy atom. The molecule has 2 aromatic rings. The summed E-state index contributed by atoms with van der Waals surface area (Å²) in [6.07, 6.45) is 2.48. The predicted molar refractivity (Wildman–Crippen MR) is 130 cm³/mol. The molecule has 0 aliphatic carbocycles. The average Bonchev–Trinajstić information content (AvgIpc) is 3.05. The summed E-state index contributed by atoms with van der Waals surface area (Å²) in [6, 6.07) is 11.9. The first-order valence-electron chi connectivity index (χ1n) is 10.8. The molecule has 0 aromatic heterocycles. The first-order valence-corrected chi connectivity index (χ1v) is 11.6. The molecule has 0 atom stereocenters. The maximum atomic E-state index is 11.8. The van der Waals surface area contributed by atoms with Gasteiger partial charge in [0.2, 0.25) is 0 Å². The molecule has 170 valence electrons. The molecule has 0 bridgehead atoms. The predicted octanol–water partition coefficient (Wildman–Crippen LogP) is 5.50. The summed E-state index contributed by atoms with van der Waals surface area (Å²) in [5, 5.41) is 10.2. The molecule has 1 aliphatic rings. The molecule has 1 heterocycles. The molecular weight excluding hydrogens is 424 g/mol. The Hall–Kier alpha value is -2.93. The fourth-order valence-electron chi connectivity index (χ4n) is 3.26. The van der Waals surface area contributed by atoms with E-state index in [1.54, 1.807) is 6.08 Å². The number of aryl methyl sites for hydroxylation is 1. The molecule has 32 heavy (non-hydrogen) atoms. The number of carbonyl (C=O) groups is 1. The van der Waals surface area contributed by atoms with E-state index in [1.807, 2.05) is 25.1 Å². The fourth-order valence-corrected chi connectivity index (χ4v) is 3.96. The van der Waals surface area contributed by atoms with Crippen LogP contribution >= 0.6 is 11.8 Å². The largest absolute Gasteiger partial charge is 0.493 e. The van der Waals surface area contributed by atoms with Crippen LogP contribution in [0.25, 0.3) is 6.08 Å². The van der Waals surface area contributed by atoms with E-state index in [-0.39, 0.29) is 11.1 Å². The normalized spacial score (nSPS) is 14.7. The summed E-state index contributed by atoms with van der Waals surface area (Å²) < 4.78 is 17.7. The Kier molecular flexibility index (Phi) is 8.22. The minimum absolute atomic E-state index is 0.139. The van der Waals surface area contributed by atoms with E-state index in [2.05, 4.69) is 44.3 Å². The number of nitrogens with one attached hydrogen (secondary N) is 2. The molecule has 6 nitrogen and oxygen atoms in total. The molecule has 2 N–H and O–H groups in total. The summed E-state index contributed by atoms with van der Waals surface area (Å²) in [5.74, 6) is 2.37. The van der Waals surface area contributed by atoms with Crippen LogP contribution in [0.15, 0.2) is 41.3 Å². The SMILES string of the molecule is CCOc1cc(C=C2SC(=N)NC2=O)ccc1OCCCOc1cc(C)ccc1C(C)C. The van der Waals surface area contributed by atoms with Crippen LogP contribution in [0.5, 0.6) is 17.2 Å². The van der Waals surface area contributed by atoms with E-state index in [0.29, 0.717) is 42.1 Å². The first-order chi connectivity index (χ1) is 15.4. The molecule has 1 amide bonds. The highest BCUT2D eigenvalue weighted by Gasteiger charge is 2.22. The summed E-state index contributed by atoms with van der Waals surface area (Å²) in [4.78, 5) is 12.3. The zero-order valence-corrected chi connectivity index (χ0v) is 19.8. The number of amides is 1. The lowest BCUT2D eigenvalue weighted by Gasteiger charge is -2.16. The number of amidine groups is 1. The van der Waals surface area contributed by atoms with Crippen LogP contribution < -0.4 is 19.5 Å². The van der Waals surface area contributed by atoms with Crippen molar-refractivity contribution in [2.45, 2.75) is 40.0 Å². The first kappa shape index (κ1) is 23.7. The Labute approximate surface area is 193 Å². The van der Waals surface area contributed by atoms with Crippen LogP contribution in [-0.2, 0) is 4.79 Å². The zero-order valence-electron chi connectivity index (χ0n) is 19.0. The van der Waals surface area contributed by atoms with E-state index in [0.717, 1.165) is 29.5 Å². The van der Waals surface area contributed by atoms with Gasteiger partial charge >= 0.3 is 0 Å². The van der Waals surface area contributed by atoms with Crippen LogP contribution in [0.2, 0.25) is 0 Å². The number of rotatable bonds is 10. The third kappa shape index (κ3) is 6.29. The summed E-state index contributed by atoms with van der Waals surface area (Å²) in [5.41, 5.74) is 3.21. The number of thioether (sulfide) groups is 1. The van der Waals surface area contributed by atoms with Gasteiger partial charge in [-0.3, -0.25) is 10.2 Å². The summed E-state index contributed by atoms with van der Waals surface area (Å²) in [6.45, 7) is 9.88. The molecular formula is C25H30N2O4S. The van der Waals surface area contributed by atoms with Crippen LogP contribution in [0, 0.1) is 12.3 Å².